The molecule has 4 rings (SSSR count). The zero-order chi connectivity index (χ0) is 29.6. The van der Waals surface area contributed by atoms with E-state index in [1.165, 1.54) is 0 Å². The molecule has 1 saturated carbocycles. The second kappa shape index (κ2) is 13.4. The molecule has 0 bridgehead atoms. The number of aliphatic imine (C=N–C) groups is 1. The first-order chi connectivity index (χ1) is 19.5. The molecule has 41 heavy (non-hydrogen) atoms. The highest BCUT2D eigenvalue weighted by Gasteiger charge is 2.43. The minimum Gasteiger partial charge on any atom is -0.463 e. The van der Waals surface area contributed by atoms with Gasteiger partial charge < -0.3 is 29.9 Å². The van der Waals surface area contributed by atoms with Gasteiger partial charge in [-0.25, -0.2) is 9.79 Å². The number of nitrogens with zero attached hydrogens (tertiary/aromatic N) is 6. The smallest absolute Gasteiger partial charge is 0.408 e. The second-order valence-electron chi connectivity index (χ2n) is 11.8. The molecule has 3 aliphatic rings. The van der Waals surface area contributed by atoms with E-state index < -0.39 is 23.8 Å². The fourth-order valence-corrected chi connectivity index (χ4v) is 6.04. The highest BCUT2D eigenvalue weighted by molar-refractivity contribution is 7.09. The molecule has 224 valence electrons. The maximum absolute atomic E-state index is 14.2. The first-order valence-electron chi connectivity index (χ1n) is 14.1. The summed E-state index contributed by atoms with van der Waals surface area (Å²) in [5.41, 5.74) is 8.10. The maximum atomic E-state index is 14.2. The predicted octanol–water partition coefficient (Wildman–Crippen LogP) is 3.41. The third-order valence-electron chi connectivity index (χ3n) is 7.40. The normalized spacial score (nSPS) is 25.3. The molecule has 2 aliphatic heterocycles. The average Bonchev–Trinajstić information content (AvgIpc) is 3.61. The van der Waals surface area contributed by atoms with Crippen molar-refractivity contribution in [2.75, 3.05) is 26.2 Å². The Labute approximate surface area is 244 Å². The van der Waals surface area contributed by atoms with Crippen LogP contribution in [0.25, 0.3) is 10.4 Å². The topological polar surface area (TPSA) is 161 Å². The van der Waals surface area contributed by atoms with E-state index in [4.69, 9.17) is 15.0 Å². The molecule has 0 spiro atoms. The number of alkyl carbamates (subject to hydrolysis) is 1. The number of carbonyl (C=O) groups excluding carboxylic acids is 3. The van der Waals surface area contributed by atoms with E-state index in [0.717, 1.165) is 4.88 Å². The summed E-state index contributed by atoms with van der Waals surface area (Å²) in [6.45, 7) is 8.99. The molecule has 0 unspecified atom stereocenters. The highest BCUT2D eigenvalue weighted by Crippen LogP contribution is 2.31. The Morgan fingerprint density at radius 3 is 2.63 bits per heavy atom. The van der Waals surface area contributed by atoms with E-state index in [2.05, 4.69) is 25.7 Å². The molecule has 14 heteroatoms. The van der Waals surface area contributed by atoms with Gasteiger partial charge in [0.15, 0.2) is 0 Å². The molecule has 13 nitrogen and oxygen atoms in total. The van der Waals surface area contributed by atoms with Gasteiger partial charge in [0.05, 0.1) is 19.1 Å². The monoisotopic (exact) mass is 588 g/mol. The van der Waals surface area contributed by atoms with E-state index in [1.807, 2.05) is 29.3 Å². The van der Waals surface area contributed by atoms with E-state index in [0.29, 0.717) is 51.4 Å². The Hall–Kier alpha value is -3.51. The SMILES string of the molecule is C[C@H]1COC(N2CCN(C(=O)[C@H](NC(=O)OC(C)(C)C)C3CCC(N=[N+]=[N-])CC3)[C@H](C(=O)NCc3cccs3)C2)=N1. The summed E-state index contributed by atoms with van der Waals surface area (Å²) in [7, 11) is 0. The summed E-state index contributed by atoms with van der Waals surface area (Å²) in [6, 6.07) is 2.53. The molecule has 3 heterocycles. The molecule has 2 fully saturated rings. The molecule has 0 radical (unpaired) electrons. The lowest BCUT2D eigenvalue weighted by molar-refractivity contribution is -0.146. The van der Waals surface area contributed by atoms with E-state index in [9.17, 15) is 14.4 Å². The molecular formula is C27H40N8O5S. The van der Waals surface area contributed by atoms with E-state index >= 15 is 0 Å². The van der Waals surface area contributed by atoms with Gasteiger partial charge in [-0.3, -0.25) is 9.59 Å². The Kier molecular flexibility index (Phi) is 9.98. The zero-order valence-electron chi connectivity index (χ0n) is 24.1. The Morgan fingerprint density at radius 1 is 1.27 bits per heavy atom. The van der Waals surface area contributed by atoms with Crippen LogP contribution in [0.1, 0.15) is 58.3 Å². The van der Waals surface area contributed by atoms with Crippen molar-refractivity contribution in [3.05, 3.63) is 32.8 Å². The Balaban J connectivity index is 1.55. The quantitative estimate of drug-likeness (QED) is 0.282. The van der Waals surface area contributed by atoms with E-state index in [-0.39, 0.29) is 42.9 Å². The van der Waals surface area contributed by atoms with Gasteiger partial charge >= 0.3 is 6.09 Å². The number of thiophene rings is 1. The van der Waals surface area contributed by atoms with Gasteiger partial charge in [-0.05, 0) is 76.3 Å². The van der Waals surface area contributed by atoms with Crippen LogP contribution in [0, 0.1) is 5.92 Å². The van der Waals surface area contributed by atoms with Gasteiger partial charge in [0.25, 0.3) is 6.02 Å². The van der Waals surface area contributed by atoms with Crippen molar-refractivity contribution in [2.24, 2.45) is 16.0 Å². The number of rotatable bonds is 7. The summed E-state index contributed by atoms with van der Waals surface area (Å²) in [6.07, 6.45) is 1.72. The standard InChI is InChI=1S/C27H40N8O5S/c1-17-16-39-25(30-17)34-11-12-35(21(15-34)23(36)29-14-20-6-5-13-41-20)24(37)22(31-26(38)40-27(2,3)4)18-7-9-19(10-8-18)32-33-28/h5-6,13,17-19,21-22H,7-12,14-16H2,1-4H3,(H,29,36)(H,31,38)/t17-,18?,19?,21-,22+/m0/s1. The molecule has 1 aromatic heterocycles. The number of hydrogen-bond donors (Lipinski definition) is 2. The van der Waals surface area contributed by atoms with Crippen molar-refractivity contribution in [3.8, 4) is 0 Å². The fourth-order valence-electron chi connectivity index (χ4n) is 5.40. The van der Waals surface area contributed by atoms with Gasteiger partial charge in [0.2, 0.25) is 11.8 Å². The molecular weight excluding hydrogens is 548 g/mol. The Morgan fingerprint density at radius 2 is 2.02 bits per heavy atom. The van der Waals surface area contributed by atoms with Crippen LogP contribution in [0.2, 0.25) is 0 Å². The van der Waals surface area contributed by atoms with Crippen LogP contribution in [-0.4, -0.2) is 89.7 Å². The first-order valence-corrected chi connectivity index (χ1v) is 15.0. The summed E-state index contributed by atoms with van der Waals surface area (Å²) < 4.78 is 11.3. The van der Waals surface area contributed by atoms with Crippen molar-refractivity contribution in [1.29, 1.82) is 0 Å². The number of amidine groups is 1. The van der Waals surface area contributed by atoms with Crippen molar-refractivity contribution >= 4 is 35.3 Å². The van der Waals surface area contributed by atoms with Crippen LogP contribution in [0.3, 0.4) is 0 Å². The van der Waals surface area contributed by atoms with E-state index in [1.54, 1.807) is 37.0 Å². The average molecular weight is 589 g/mol. The van der Waals surface area contributed by atoms with Crippen molar-refractivity contribution in [1.82, 2.24) is 20.4 Å². The third kappa shape index (κ3) is 8.26. The molecule has 1 saturated heterocycles. The van der Waals surface area contributed by atoms with Gasteiger partial charge in [0.1, 0.15) is 24.3 Å². The molecule has 0 aromatic carbocycles. The number of nitrogens with one attached hydrogen (secondary N) is 2. The van der Waals surface area contributed by atoms with Crippen LogP contribution >= 0.6 is 11.3 Å². The number of amides is 3. The number of carbonyl (C=O) groups is 3. The zero-order valence-corrected chi connectivity index (χ0v) is 24.9. The lowest BCUT2D eigenvalue weighted by Gasteiger charge is -2.43. The lowest BCUT2D eigenvalue weighted by atomic mass is 9.81. The summed E-state index contributed by atoms with van der Waals surface area (Å²) >= 11 is 1.54. The summed E-state index contributed by atoms with van der Waals surface area (Å²) in [5.74, 6) is -0.816. The molecule has 2 N–H and O–H groups in total. The van der Waals surface area contributed by atoms with Crippen LogP contribution < -0.4 is 10.6 Å². The van der Waals surface area contributed by atoms with Crippen molar-refractivity contribution < 1.29 is 23.9 Å². The summed E-state index contributed by atoms with van der Waals surface area (Å²) in [5, 5.41) is 11.6. The largest absolute Gasteiger partial charge is 0.463 e. The predicted molar refractivity (Wildman–Crippen MR) is 154 cm³/mol. The van der Waals surface area contributed by atoms with Crippen LogP contribution in [0.4, 0.5) is 4.79 Å². The maximum Gasteiger partial charge on any atom is 0.408 e. The van der Waals surface area contributed by atoms with Crippen molar-refractivity contribution in [2.45, 2.75) is 89.7 Å². The number of piperazine rings is 1. The van der Waals surface area contributed by atoms with Gasteiger partial charge in [-0.15, -0.1) is 11.3 Å². The third-order valence-corrected chi connectivity index (χ3v) is 8.28. The minimum absolute atomic E-state index is 0.0265. The highest BCUT2D eigenvalue weighted by atomic mass is 32.1. The van der Waals surface area contributed by atoms with Gasteiger partial charge in [-0.1, -0.05) is 11.2 Å². The van der Waals surface area contributed by atoms with Crippen molar-refractivity contribution in [3.63, 3.8) is 0 Å². The molecule has 1 aliphatic carbocycles. The molecule has 3 amide bonds. The minimum atomic E-state index is -0.892. The number of azide groups is 1. The second-order valence-corrected chi connectivity index (χ2v) is 12.8. The number of hydrogen-bond acceptors (Lipinski definition) is 9. The summed E-state index contributed by atoms with van der Waals surface area (Å²) in [4.78, 5) is 52.7. The van der Waals surface area contributed by atoms with Gasteiger partial charge in [-0.2, -0.15) is 0 Å². The lowest BCUT2D eigenvalue weighted by Crippen LogP contribution is -2.65. The molecule has 3 atom stereocenters. The van der Waals surface area contributed by atoms with Crippen LogP contribution in [0.5, 0.6) is 0 Å². The fraction of sp³-hybridized carbons (Fsp3) is 0.704. The molecule has 1 aromatic rings. The van der Waals surface area contributed by atoms with Crippen LogP contribution in [-0.2, 0) is 25.6 Å². The first kappa shape index (κ1) is 30.4. The van der Waals surface area contributed by atoms with Gasteiger partial charge in [0, 0.05) is 28.9 Å². The Bertz CT molecular complexity index is 1150. The number of ether oxygens (including phenoxy) is 2. The van der Waals surface area contributed by atoms with Crippen LogP contribution in [0.15, 0.2) is 27.6 Å².